The maximum atomic E-state index is 11.6. The fraction of sp³-hybridized carbons (Fsp3) is 0.889. The van der Waals surface area contributed by atoms with Gasteiger partial charge in [0, 0.05) is 26.7 Å². The molecule has 0 N–H and O–H groups in total. The lowest BCUT2D eigenvalue weighted by Gasteiger charge is -2.30. The summed E-state index contributed by atoms with van der Waals surface area (Å²) >= 11 is 0. The Morgan fingerprint density at radius 3 is 2.54 bits per heavy atom. The van der Waals surface area contributed by atoms with E-state index in [0.29, 0.717) is 0 Å². The molecule has 2 aliphatic heterocycles. The number of carbonyl (C=O) groups is 1. The summed E-state index contributed by atoms with van der Waals surface area (Å²) in [6.07, 6.45) is 0.981. The maximum absolute atomic E-state index is 11.6. The van der Waals surface area contributed by atoms with Crippen molar-refractivity contribution in [3.8, 4) is 0 Å². The Balaban J connectivity index is 1.96. The molecule has 0 radical (unpaired) electrons. The highest BCUT2D eigenvalue weighted by molar-refractivity contribution is 5.83. The Kier molecular flexibility index (Phi) is 2.51. The minimum Gasteiger partial charge on any atom is -0.379 e. The zero-order valence-corrected chi connectivity index (χ0v) is 8.03. The van der Waals surface area contributed by atoms with Crippen molar-refractivity contribution in [2.75, 3.05) is 39.9 Å². The van der Waals surface area contributed by atoms with Gasteiger partial charge in [-0.1, -0.05) is 0 Å². The van der Waals surface area contributed by atoms with Gasteiger partial charge in [0.05, 0.1) is 19.3 Å². The number of carbonyl (C=O) groups excluding carboxylic acids is 1. The highest BCUT2D eigenvalue weighted by Gasteiger charge is 2.34. The van der Waals surface area contributed by atoms with Gasteiger partial charge in [-0.2, -0.15) is 0 Å². The molecule has 2 aliphatic rings. The van der Waals surface area contributed by atoms with E-state index in [2.05, 4.69) is 4.90 Å². The molecule has 0 bridgehead atoms. The van der Waals surface area contributed by atoms with E-state index < -0.39 is 0 Å². The first-order valence-electron chi connectivity index (χ1n) is 4.86. The number of amides is 1. The van der Waals surface area contributed by atoms with E-state index in [1.165, 1.54) is 0 Å². The molecule has 0 unspecified atom stereocenters. The van der Waals surface area contributed by atoms with Gasteiger partial charge in [0.1, 0.15) is 0 Å². The number of morpholine rings is 1. The summed E-state index contributed by atoms with van der Waals surface area (Å²) < 4.78 is 5.25. The molecule has 2 fully saturated rings. The lowest BCUT2D eigenvalue weighted by atomic mass is 10.2. The summed E-state index contributed by atoms with van der Waals surface area (Å²) in [5, 5.41) is 0. The molecular weight excluding hydrogens is 168 g/mol. The number of nitrogens with zero attached hydrogens (tertiary/aromatic N) is 2. The topological polar surface area (TPSA) is 32.8 Å². The number of rotatable bonds is 1. The van der Waals surface area contributed by atoms with Gasteiger partial charge >= 0.3 is 0 Å². The largest absolute Gasteiger partial charge is 0.379 e. The van der Waals surface area contributed by atoms with Crippen LogP contribution in [-0.4, -0.2) is 61.6 Å². The van der Waals surface area contributed by atoms with E-state index in [4.69, 9.17) is 4.74 Å². The molecule has 2 rings (SSSR count). The summed E-state index contributed by atoms with van der Waals surface area (Å²) in [7, 11) is 1.88. The van der Waals surface area contributed by atoms with Gasteiger partial charge in [-0.25, -0.2) is 0 Å². The van der Waals surface area contributed by atoms with Crippen LogP contribution in [0.25, 0.3) is 0 Å². The van der Waals surface area contributed by atoms with Gasteiger partial charge in [0.2, 0.25) is 5.91 Å². The number of hydrogen-bond acceptors (Lipinski definition) is 3. The van der Waals surface area contributed by atoms with Crippen LogP contribution in [0.2, 0.25) is 0 Å². The quantitative estimate of drug-likeness (QED) is 0.553. The first-order chi connectivity index (χ1) is 6.29. The molecule has 13 heavy (non-hydrogen) atoms. The molecule has 74 valence electrons. The average Bonchev–Trinajstić information content (AvgIpc) is 2.49. The third kappa shape index (κ3) is 1.69. The summed E-state index contributed by atoms with van der Waals surface area (Å²) in [6, 6.07) is 0.133. The maximum Gasteiger partial charge on any atom is 0.239 e. The predicted molar refractivity (Wildman–Crippen MR) is 48.4 cm³/mol. The second-order valence-corrected chi connectivity index (χ2v) is 3.71. The average molecular weight is 184 g/mol. The second-order valence-electron chi connectivity index (χ2n) is 3.71. The van der Waals surface area contributed by atoms with E-state index in [0.717, 1.165) is 39.3 Å². The molecule has 1 atom stereocenters. The van der Waals surface area contributed by atoms with Gasteiger partial charge in [-0.05, 0) is 6.42 Å². The molecule has 4 heteroatoms. The van der Waals surface area contributed by atoms with Crippen molar-refractivity contribution in [3.05, 3.63) is 0 Å². The molecule has 0 aromatic rings. The first kappa shape index (κ1) is 8.97. The van der Waals surface area contributed by atoms with E-state index in [1.807, 2.05) is 11.9 Å². The summed E-state index contributed by atoms with van der Waals surface area (Å²) in [4.78, 5) is 15.7. The van der Waals surface area contributed by atoms with Crippen LogP contribution >= 0.6 is 0 Å². The van der Waals surface area contributed by atoms with Gasteiger partial charge in [0.25, 0.3) is 0 Å². The smallest absolute Gasteiger partial charge is 0.239 e. The van der Waals surface area contributed by atoms with Crippen molar-refractivity contribution in [2.45, 2.75) is 12.5 Å². The van der Waals surface area contributed by atoms with Crippen molar-refractivity contribution in [3.63, 3.8) is 0 Å². The molecule has 0 aromatic carbocycles. The zero-order chi connectivity index (χ0) is 9.26. The fourth-order valence-corrected chi connectivity index (χ4v) is 2.03. The molecule has 1 amide bonds. The van der Waals surface area contributed by atoms with Crippen LogP contribution in [0.1, 0.15) is 6.42 Å². The normalized spacial score (nSPS) is 31.3. The number of likely N-dealkylation sites (tertiary alicyclic amines) is 1. The zero-order valence-electron chi connectivity index (χ0n) is 8.03. The molecule has 0 spiro atoms. The Morgan fingerprint density at radius 2 is 2.00 bits per heavy atom. The monoisotopic (exact) mass is 184 g/mol. The molecule has 2 saturated heterocycles. The Hall–Kier alpha value is -0.610. The van der Waals surface area contributed by atoms with E-state index in [1.54, 1.807) is 0 Å². The number of hydrogen-bond donors (Lipinski definition) is 0. The van der Waals surface area contributed by atoms with Crippen molar-refractivity contribution in [1.29, 1.82) is 0 Å². The van der Waals surface area contributed by atoms with Gasteiger partial charge in [-0.15, -0.1) is 0 Å². The summed E-state index contributed by atoms with van der Waals surface area (Å²) in [5.41, 5.74) is 0. The van der Waals surface area contributed by atoms with Crippen molar-refractivity contribution >= 4 is 5.91 Å². The van der Waals surface area contributed by atoms with Crippen LogP contribution in [0.15, 0.2) is 0 Å². The SMILES string of the molecule is CN1CC[C@@H](N2CCOCC2)C1=O. The highest BCUT2D eigenvalue weighted by atomic mass is 16.5. The van der Waals surface area contributed by atoms with E-state index in [9.17, 15) is 4.79 Å². The molecular formula is C9H16N2O2. The van der Waals surface area contributed by atoms with Crippen LogP contribution in [0.4, 0.5) is 0 Å². The molecule has 2 heterocycles. The first-order valence-corrected chi connectivity index (χ1v) is 4.86. The van der Waals surface area contributed by atoms with Crippen LogP contribution in [0, 0.1) is 0 Å². The lowest BCUT2D eigenvalue weighted by Crippen LogP contribution is -2.46. The fourth-order valence-electron chi connectivity index (χ4n) is 2.03. The molecule has 0 aliphatic carbocycles. The lowest BCUT2D eigenvalue weighted by molar-refractivity contribution is -0.132. The minimum atomic E-state index is 0.133. The van der Waals surface area contributed by atoms with Gasteiger partial charge in [0.15, 0.2) is 0 Å². The standard InChI is InChI=1S/C9H16N2O2/c1-10-3-2-8(9(10)12)11-4-6-13-7-5-11/h8H,2-7H2,1H3/t8-/m1/s1. The minimum absolute atomic E-state index is 0.133. The highest BCUT2D eigenvalue weighted by Crippen LogP contribution is 2.16. The predicted octanol–water partition coefficient (Wildman–Crippen LogP) is -0.451. The van der Waals surface area contributed by atoms with Crippen molar-refractivity contribution in [2.24, 2.45) is 0 Å². The third-order valence-corrected chi connectivity index (χ3v) is 2.89. The molecule has 0 aromatic heterocycles. The van der Waals surface area contributed by atoms with E-state index >= 15 is 0 Å². The number of ether oxygens (including phenoxy) is 1. The summed E-state index contributed by atoms with van der Waals surface area (Å²) in [6.45, 7) is 4.26. The van der Waals surface area contributed by atoms with Gasteiger partial charge in [-0.3, -0.25) is 9.69 Å². The van der Waals surface area contributed by atoms with Crippen molar-refractivity contribution < 1.29 is 9.53 Å². The molecule has 0 saturated carbocycles. The molecule has 4 nitrogen and oxygen atoms in total. The summed E-state index contributed by atoms with van der Waals surface area (Å²) in [5.74, 6) is 0.280. The van der Waals surface area contributed by atoms with E-state index in [-0.39, 0.29) is 11.9 Å². The Labute approximate surface area is 78.4 Å². The second kappa shape index (κ2) is 3.64. The van der Waals surface area contributed by atoms with Crippen molar-refractivity contribution in [1.82, 2.24) is 9.80 Å². The number of likely N-dealkylation sites (N-methyl/N-ethyl adjacent to an activating group) is 1. The van der Waals surface area contributed by atoms with Crippen LogP contribution in [0.3, 0.4) is 0 Å². The van der Waals surface area contributed by atoms with Gasteiger partial charge < -0.3 is 9.64 Å². The van der Waals surface area contributed by atoms with Crippen LogP contribution in [-0.2, 0) is 9.53 Å². The third-order valence-electron chi connectivity index (χ3n) is 2.89. The Morgan fingerprint density at radius 1 is 1.31 bits per heavy atom. The Bertz CT molecular complexity index is 202. The van der Waals surface area contributed by atoms with Crippen LogP contribution in [0.5, 0.6) is 0 Å². The van der Waals surface area contributed by atoms with Crippen LogP contribution < -0.4 is 0 Å².